The second kappa shape index (κ2) is 11.2. The van der Waals surface area contributed by atoms with Crippen molar-refractivity contribution in [3.8, 4) is 0 Å². The number of carbonyl (C=O) groups excluding carboxylic acids is 4. The third-order valence-electron chi connectivity index (χ3n) is 7.40. The first-order valence-corrected chi connectivity index (χ1v) is 12.8. The van der Waals surface area contributed by atoms with Crippen molar-refractivity contribution < 1.29 is 39.0 Å². The number of likely N-dealkylation sites (tertiary alicyclic amines) is 2. The molecule has 1 aromatic rings. The van der Waals surface area contributed by atoms with Gasteiger partial charge in [-0.2, -0.15) is 0 Å². The van der Waals surface area contributed by atoms with Crippen LogP contribution in [0.1, 0.15) is 55.4 Å². The van der Waals surface area contributed by atoms with Crippen LogP contribution in [0.5, 0.6) is 0 Å². The molecule has 2 saturated heterocycles. The topological polar surface area (TPSA) is 178 Å². The molecular formula is C25H33N5O8. The van der Waals surface area contributed by atoms with Crippen molar-refractivity contribution in [2.24, 2.45) is 13.0 Å². The Hall–Kier alpha value is -3.90. The van der Waals surface area contributed by atoms with E-state index in [9.17, 15) is 39.0 Å². The molecule has 13 heteroatoms. The molecule has 4 atom stereocenters. The maximum atomic E-state index is 12.9. The Morgan fingerprint density at radius 3 is 1.84 bits per heavy atom. The number of carbonyl (C=O) groups is 6. The van der Waals surface area contributed by atoms with Crippen LogP contribution in [0.25, 0.3) is 0 Å². The number of nitrogens with one attached hydrogen (secondary N) is 2. The molecule has 2 aliphatic heterocycles. The van der Waals surface area contributed by atoms with E-state index in [1.165, 1.54) is 9.80 Å². The summed E-state index contributed by atoms with van der Waals surface area (Å²) in [7, 11) is 1.71. The molecule has 0 spiro atoms. The second-order valence-corrected chi connectivity index (χ2v) is 10.3. The smallest absolute Gasteiger partial charge is 0.326 e. The van der Waals surface area contributed by atoms with Crippen molar-refractivity contribution >= 4 is 35.6 Å². The van der Waals surface area contributed by atoms with Crippen LogP contribution in [0.15, 0.2) is 18.3 Å². The van der Waals surface area contributed by atoms with Crippen LogP contribution in [0.2, 0.25) is 0 Å². The van der Waals surface area contributed by atoms with E-state index in [0.29, 0.717) is 5.69 Å². The van der Waals surface area contributed by atoms with Gasteiger partial charge >= 0.3 is 11.9 Å². The molecule has 206 valence electrons. The number of aryl methyl sites for hydroxylation is 1. The van der Waals surface area contributed by atoms with Gasteiger partial charge in [-0.05, 0) is 31.4 Å². The number of rotatable bonds is 10. The molecule has 4 rings (SSSR count). The molecule has 3 fully saturated rings. The van der Waals surface area contributed by atoms with Crippen molar-refractivity contribution in [1.29, 1.82) is 0 Å². The highest BCUT2D eigenvalue weighted by atomic mass is 16.4. The van der Waals surface area contributed by atoms with Crippen LogP contribution < -0.4 is 10.6 Å². The van der Waals surface area contributed by atoms with Crippen molar-refractivity contribution in [3.63, 3.8) is 0 Å². The van der Waals surface area contributed by atoms with Gasteiger partial charge in [-0.15, -0.1) is 0 Å². The largest absolute Gasteiger partial charge is 0.480 e. The first kappa shape index (κ1) is 27.1. The normalized spacial score (nSPS) is 24.8. The van der Waals surface area contributed by atoms with Crippen LogP contribution in [0.4, 0.5) is 0 Å². The maximum absolute atomic E-state index is 12.9. The van der Waals surface area contributed by atoms with E-state index < -0.39 is 47.9 Å². The number of amides is 4. The van der Waals surface area contributed by atoms with Gasteiger partial charge in [0.1, 0.15) is 17.8 Å². The summed E-state index contributed by atoms with van der Waals surface area (Å²) in [5, 5.41) is 24.8. The van der Waals surface area contributed by atoms with Gasteiger partial charge in [0.2, 0.25) is 17.7 Å². The number of hydrogen-bond donors (Lipinski definition) is 4. The number of aromatic nitrogens is 1. The number of nitrogens with zero attached hydrogens (tertiary/aromatic N) is 3. The molecule has 1 aromatic heterocycles. The standard InChI is InChI=1S/C25H33N5O8/c1-28-9-3-4-17(28)23(34)27-16-11-19(25(37)38)30(13-16)21(32)6-2-5-20(31)29-12-15(10-18(29)24(35)36)26-22(33)14-7-8-14/h3-4,9,14-16,18-19H,2,5-8,10-13H2,1H3,(H,26,33)(H,27,34)(H,35,36)(H,37,38)/t15-,16-,18-,19-/m0/s1. The van der Waals surface area contributed by atoms with E-state index in [4.69, 9.17) is 0 Å². The summed E-state index contributed by atoms with van der Waals surface area (Å²) in [5.41, 5.74) is 0.413. The van der Waals surface area contributed by atoms with Gasteiger partial charge in [0.05, 0.1) is 0 Å². The van der Waals surface area contributed by atoms with Gasteiger partial charge < -0.3 is 35.2 Å². The summed E-state index contributed by atoms with van der Waals surface area (Å²) < 4.78 is 1.64. The van der Waals surface area contributed by atoms with Gasteiger partial charge in [0.15, 0.2) is 0 Å². The van der Waals surface area contributed by atoms with E-state index in [1.54, 1.807) is 29.9 Å². The van der Waals surface area contributed by atoms with E-state index in [0.717, 1.165) is 12.8 Å². The Bertz CT molecular complexity index is 1130. The number of carboxylic acids is 2. The summed E-state index contributed by atoms with van der Waals surface area (Å²) in [6.07, 6.45) is 3.48. The highest BCUT2D eigenvalue weighted by Gasteiger charge is 2.42. The van der Waals surface area contributed by atoms with Gasteiger partial charge in [-0.25, -0.2) is 9.59 Å². The van der Waals surface area contributed by atoms with Crippen LogP contribution >= 0.6 is 0 Å². The molecule has 13 nitrogen and oxygen atoms in total. The summed E-state index contributed by atoms with van der Waals surface area (Å²) in [6.45, 7) is 0.132. The average molecular weight is 532 g/mol. The predicted octanol–water partition coefficient (Wildman–Crippen LogP) is -0.440. The van der Waals surface area contributed by atoms with Crippen molar-refractivity contribution in [2.75, 3.05) is 13.1 Å². The van der Waals surface area contributed by atoms with Crippen molar-refractivity contribution in [1.82, 2.24) is 25.0 Å². The lowest BCUT2D eigenvalue weighted by Crippen LogP contribution is -2.42. The Labute approximate surface area is 219 Å². The third kappa shape index (κ3) is 6.14. The number of hydrogen-bond acceptors (Lipinski definition) is 6. The highest BCUT2D eigenvalue weighted by molar-refractivity contribution is 5.93. The Kier molecular flexibility index (Phi) is 8.02. The van der Waals surface area contributed by atoms with E-state index in [2.05, 4.69) is 10.6 Å². The molecule has 0 unspecified atom stereocenters. The number of carboxylic acid groups (broad SMARTS) is 2. The van der Waals surface area contributed by atoms with Crippen LogP contribution in [-0.2, 0) is 31.0 Å². The first-order chi connectivity index (χ1) is 18.0. The highest BCUT2D eigenvalue weighted by Crippen LogP contribution is 2.30. The summed E-state index contributed by atoms with van der Waals surface area (Å²) in [6, 6.07) is 0.240. The van der Waals surface area contributed by atoms with Crippen molar-refractivity contribution in [3.05, 3.63) is 24.0 Å². The quantitative estimate of drug-likeness (QED) is 0.314. The lowest BCUT2D eigenvalue weighted by Gasteiger charge is -2.23. The molecule has 4 N–H and O–H groups in total. The predicted molar refractivity (Wildman–Crippen MR) is 131 cm³/mol. The summed E-state index contributed by atoms with van der Waals surface area (Å²) in [5.74, 6) is -3.72. The molecular weight excluding hydrogens is 498 g/mol. The molecule has 3 heterocycles. The van der Waals surface area contributed by atoms with E-state index in [1.807, 2.05) is 0 Å². The van der Waals surface area contributed by atoms with Gasteiger partial charge in [0, 0.05) is 70.0 Å². The monoisotopic (exact) mass is 531 g/mol. The Morgan fingerprint density at radius 1 is 0.868 bits per heavy atom. The van der Waals surface area contributed by atoms with Crippen LogP contribution in [0.3, 0.4) is 0 Å². The molecule has 0 aromatic carbocycles. The Balaban J connectivity index is 1.28. The molecule has 4 amide bonds. The summed E-state index contributed by atoms with van der Waals surface area (Å²) in [4.78, 5) is 76.2. The van der Waals surface area contributed by atoms with E-state index in [-0.39, 0.29) is 62.9 Å². The SMILES string of the molecule is Cn1cccc1C(=O)N[C@H]1C[C@@H](C(=O)O)N(C(=O)CCCC(=O)N2C[C@@H](NC(=O)C3CC3)C[C@H]2C(=O)O)C1. The fourth-order valence-electron chi connectivity index (χ4n) is 5.20. The minimum atomic E-state index is -1.18. The fourth-order valence-corrected chi connectivity index (χ4v) is 5.20. The zero-order valence-electron chi connectivity index (χ0n) is 21.2. The maximum Gasteiger partial charge on any atom is 0.326 e. The van der Waals surface area contributed by atoms with Crippen molar-refractivity contribution in [2.45, 2.75) is 69.1 Å². The minimum absolute atomic E-state index is 0.0275. The zero-order chi connectivity index (χ0) is 27.6. The van der Waals surface area contributed by atoms with Gasteiger partial charge in [0.25, 0.3) is 5.91 Å². The lowest BCUT2D eigenvalue weighted by molar-refractivity contribution is -0.149. The molecule has 1 aliphatic carbocycles. The molecule has 0 bridgehead atoms. The second-order valence-electron chi connectivity index (χ2n) is 10.3. The van der Waals surface area contributed by atoms with Gasteiger partial charge in [-0.1, -0.05) is 0 Å². The number of aliphatic carboxylic acids is 2. The summed E-state index contributed by atoms with van der Waals surface area (Å²) >= 11 is 0. The molecule has 1 saturated carbocycles. The average Bonchev–Trinajstić information content (AvgIpc) is 3.26. The zero-order valence-corrected chi connectivity index (χ0v) is 21.2. The molecule has 38 heavy (non-hydrogen) atoms. The minimum Gasteiger partial charge on any atom is -0.480 e. The fraction of sp³-hybridized carbons (Fsp3) is 0.600. The third-order valence-corrected chi connectivity index (χ3v) is 7.40. The Morgan fingerprint density at radius 2 is 1.39 bits per heavy atom. The lowest BCUT2D eigenvalue weighted by atomic mass is 10.1. The van der Waals surface area contributed by atoms with Crippen LogP contribution in [0, 0.1) is 5.92 Å². The van der Waals surface area contributed by atoms with E-state index >= 15 is 0 Å². The van der Waals surface area contributed by atoms with Crippen LogP contribution in [-0.4, -0.2) is 97.4 Å². The first-order valence-electron chi connectivity index (χ1n) is 12.8. The molecule has 0 radical (unpaired) electrons. The van der Waals surface area contributed by atoms with Gasteiger partial charge in [-0.3, -0.25) is 19.2 Å². The molecule has 3 aliphatic rings.